The van der Waals surface area contributed by atoms with E-state index in [9.17, 15) is 4.39 Å². The highest BCUT2D eigenvalue weighted by atomic mass is 19.1. The highest BCUT2D eigenvalue weighted by Crippen LogP contribution is 2.10. The van der Waals surface area contributed by atoms with Crippen LogP contribution in [0.15, 0.2) is 36.7 Å². The molecule has 0 saturated carbocycles. The molecule has 0 aliphatic heterocycles. The van der Waals surface area contributed by atoms with Crippen molar-refractivity contribution in [2.75, 3.05) is 0 Å². The van der Waals surface area contributed by atoms with Gasteiger partial charge in [-0.3, -0.25) is 0 Å². The van der Waals surface area contributed by atoms with Crippen LogP contribution in [0.3, 0.4) is 0 Å². The van der Waals surface area contributed by atoms with Crippen LogP contribution in [0.1, 0.15) is 11.1 Å². The molecule has 0 fully saturated rings. The van der Waals surface area contributed by atoms with E-state index in [1.165, 1.54) is 0 Å². The van der Waals surface area contributed by atoms with E-state index in [4.69, 9.17) is 4.74 Å². The molecular formula is C12H11FN2O. The number of aromatic nitrogens is 2. The third-order valence-electron chi connectivity index (χ3n) is 2.21. The molecule has 1 heterocycles. The Labute approximate surface area is 92.9 Å². The Kier molecular flexibility index (Phi) is 3.10. The van der Waals surface area contributed by atoms with Gasteiger partial charge in [0.05, 0.1) is 12.4 Å². The minimum atomic E-state index is -0.469. The van der Waals surface area contributed by atoms with Gasteiger partial charge in [-0.05, 0) is 18.1 Å². The van der Waals surface area contributed by atoms with Gasteiger partial charge in [0.2, 0.25) is 0 Å². The molecule has 0 bridgehead atoms. The highest BCUT2D eigenvalue weighted by Gasteiger charge is 2.01. The fraction of sp³-hybridized carbons (Fsp3) is 0.167. The van der Waals surface area contributed by atoms with Gasteiger partial charge in [0.15, 0.2) is 5.82 Å². The summed E-state index contributed by atoms with van der Waals surface area (Å²) in [6.45, 7) is 2.39. The zero-order chi connectivity index (χ0) is 11.4. The second-order valence-corrected chi connectivity index (χ2v) is 3.40. The van der Waals surface area contributed by atoms with Crippen LogP contribution in [0.2, 0.25) is 0 Å². The Bertz CT molecular complexity index is 471. The Hall–Kier alpha value is -1.97. The zero-order valence-electron chi connectivity index (χ0n) is 8.85. The molecule has 82 valence electrons. The van der Waals surface area contributed by atoms with Crippen LogP contribution in [-0.4, -0.2) is 9.97 Å². The van der Waals surface area contributed by atoms with Crippen LogP contribution in [0.4, 0.5) is 4.39 Å². The highest BCUT2D eigenvalue weighted by molar-refractivity contribution is 5.25. The van der Waals surface area contributed by atoms with E-state index < -0.39 is 5.82 Å². The summed E-state index contributed by atoms with van der Waals surface area (Å²) < 4.78 is 17.9. The molecule has 0 N–H and O–H groups in total. The predicted octanol–water partition coefficient (Wildman–Crippen LogP) is 2.50. The second-order valence-electron chi connectivity index (χ2n) is 3.40. The van der Waals surface area contributed by atoms with Crippen molar-refractivity contribution in [3.05, 3.63) is 53.6 Å². The molecule has 0 amide bonds. The number of rotatable bonds is 3. The van der Waals surface area contributed by atoms with Crippen LogP contribution in [0.5, 0.6) is 6.01 Å². The largest absolute Gasteiger partial charge is 0.459 e. The summed E-state index contributed by atoms with van der Waals surface area (Å²) in [6.07, 6.45) is 2.17. The molecule has 0 spiro atoms. The zero-order valence-corrected chi connectivity index (χ0v) is 8.85. The van der Waals surface area contributed by atoms with E-state index in [2.05, 4.69) is 9.97 Å². The lowest BCUT2D eigenvalue weighted by molar-refractivity contribution is 0.278. The summed E-state index contributed by atoms with van der Waals surface area (Å²) in [7, 11) is 0. The maximum absolute atomic E-state index is 12.5. The quantitative estimate of drug-likeness (QED) is 0.793. The monoisotopic (exact) mass is 218 g/mol. The first-order valence-electron chi connectivity index (χ1n) is 4.90. The Morgan fingerprint density at radius 1 is 1.19 bits per heavy atom. The van der Waals surface area contributed by atoms with Crippen LogP contribution in [0.25, 0.3) is 0 Å². The summed E-state index contributed by atoms with van der Waals surface area (Å²) >= 11 is 0. The first-order chi connectivity index (χ1) is 7.75. The Morgan fingerprint density at radius 2 is 1.88 bits per heavy atom. The number of hydrogen-bond donors (Lipinski definition) is 0. The first-order valence-corrected chi connectivity index (χ1v) is 4.90. The van der Waals surface area contributed by atoms with Gasteiger partial charge in [0.1, 0.15) is 6.61 Å². The molecule has 2 aromatic rings. The van der Waals surface area contributed by atoms with Crippen molar-refractivity contribution in [3.63, 3.8) is 0 Å². The summed E-state index contributed by atoms with van der Waals surface area (Å²) in [6, 6.07) is 8.07. The van der Waals surface area contributed by atoms with Crippen LogP contribution in [-0.2, 0) is 6.61 Å². The minimum absolute atomic E-state index is 0.185. The molecule has 0 atom stereocenters. The topological polar surface area (TPSA) is 35.0 Å². The molecule has 0 radical (unpaired) electrons. The van der Waals surface area contributed by atoms with E-state index in [0.717, 1.165) is 23.5 Å². The van der Waals surface area contributed by atoms with E-state index in [1.807, 2.05) is 31.2 Å². The molecule has 0 unspecified atom stereocenters. The molecule has 0 saturated heterocycles. The van der Waals surface area contributed by atoms with Crippen molar-refractivity contribution in [2.45, 2.75) is 13.5 Å². The SMILES string of the molecule is Cc1ccccc1COc1ncc(F)cn1. The standard InChI is InChI=1S/C12H11FN2O/c1-9-4-2-3-5-10(9)8-16-12-14-6-11(13)7-15-12/h2-7H,8H2,1H3. The number of nitrogens with zero attached hydrogens (tertiary/aromatic N) is 2. The van der Waals surface area contributed by atoms with Gasteiger partial charge in [-0.15, -0.1) is 0 Å². The summed E-state index contributed by atoms with van der Waals surface area (Å²) in [5.41, 5.74) is 2.21. The summed E-state index contributed by atoms with van der Waals surface area (Å²) in [5, 5.41) is 0. The molecule has 0 aliphatic carbocycles. The van der Waals surface area contributed by atoms with Gasteiger partial charge >= 0.3 is 6.01 Å². The molecule has 1 aromatic heterocycles. The van der Waals surface area contributed by atoms with E-state index in [-0.39, 0.29) is 6.01 Å². The maximum Gasteiger partial charge on any atom is 0.316 e. The number of aryl methyl sites for hydroxylation is 1. The van der Waals surface area contributed by atoms with Crippen molar-refractivity contribution in [2.24, 2.45) is 0 Å². The van der Waals surface area contributed by atoms with Crippen molar-refractivity contribution in [3.8, 4) is 6.01 Å². The molecule has 0 aliphatic rings. The number of benzene rings is 1. The van der Waals surface area contributed by atoms with E-state index >= 15 is 0 Å². The molecule has 1 aromatic carbocycles. The summed E-state index contributed by atoms with van der Waals surface area (Å²) in [4.78, 5) is 7.43. The van der Waals surface area contributed by atoms with Gasteiger partial charge in [-0.25, -0.2) is 14.4 Å². The van der Waals surface area contributed by atoms with Gasteiger partial charge in [0, 0.05) is 0 Å². The lowest BCUT2D eigenvalue weighted by atomic mass is 10.1. The molecule has 4 heteroatoms. The fourth-order valence-corrected chi connectivity index (χ4v) is 1.29. The van der Waals surface area contributed by atoms with Crippen LogP contribution >= 0.6 is 0 Å². The van der Waals surface area contributed by atoms with Crippen molar-refractivity contribution < 1.29 is 9.13 Å². The average molecular weight is 218 g/mol. The molecule has 16 heavy (non-hydrogen) atoms. The molecule has 3 nitrogen and oxygen atoms in total. The Morgan fingerprint density at radius 3 is 2.56 bits per heavy atom. The number of halogens is 1. The fourth-order valence-electron chi connectivity index (χ4n) is 1.29. The number of hydrogen-bond acceptors (Lipinski definition) is 3. The average Bonchev–Trinajstić information content (AvgIpc) is 2.30. The second kappa shape index (κ2) is 4.70. The lowest BCUT2D eigenvalue weighted by Gasteiger charge is -2.06. The van der Waals surface area contributed by atoms with Gasteiger partial charge in [-0.2, -0.15) is 0 Å². The van der Waals surface area contributed by atoms with Gasteiger partial charge in [-0.1, -0.05) is 24.3 Å². The third-order valence-corrected chi connectivity index (χ3v) is 2.21. The molecular weight excluding hydrogens is 207 g/mol. The predicted molar refractivity (Wildman–Crippen MR) is 57.5 cm³/mol. The lowest BCUT2D eigenvalue weighted by Crippen LogP contribution is -2.00. The normalized spacial score (nSPS) is 10.1. The minimum Gasteiger partial charge on any atom is -0.459 e. The smallest absolute Gasteiger partial charge is 0.316 e. The van der Waals surface area contributed by atoms with Gasteiger partial charge in [0.25, 0.3) is 0 Å². The van der Waals surface area contributed by atoms with Crippen LogP contribution in [0, 0.1) is 12.7 Å². The van der Waals surface area contributed by atoms with Crippen molar-refractivity contribution in [1.82, 2.24) is 9.97 Å². The number of ether oxygens (including phenoxy) is 1. The van der Waals surface area contributed by atoms with Gasteiger partial charge < -0.3 is 4.74 Å². The van der Waals surface area contributed by atoms with E-state index in [1.54, 1.807) is 0 Å². The third kappa shape index (κ3) is 2.53. The summed E-state index contributed by atoms with van der Waals surface area (Å²) in [5.74, 6) is -0.469. The molecule has 2 rings (SSSR count). The van der Waals surface area contributed by atoms with Crippen molar-refractivity contribution in [1.29, 1.82) is 0 Å². The Balaban J connectivity index is 2.02. The van der Waals surface area contributed by atoms with Crippen molar-refractivity contribution >= 4 is 0 Å². The van der Waals surface area contributed by atoms with E-state index in [0.29, 0.717) is 6.61 Å². The first kappa shape index (κ1) is 10.5. The maximum atomic E-state index is 12.5. The van der Waals surface area contributed by atoms with Crippen LogP contribution < -0.4 is 4.74 Å².